The minimum atomic E-state index is -0.119. The summed E-state index contributed by atoms with van der Waals surface area (Å²) in [6, 6.07) is 0. The molecule has 0 amide bonds. The molecule has 2 heteroatoms. The van der Waals surface area contributed by atoms with E-state index in [0.717, 1.165) is 23.9 Å². The van der Waals surface area contributed by atoms with Gasteiger partial charge >= 0.3 is 0 Å². The largest absolute Gasteiger partial charge is 0.327 e. The third-order valence-electron chi connectivity index (χ3n) is 2.76. The average Bonchev–Trinajstić information content (AvgIpc) is 2.03. The Kier molecular flexibility index (Phi) is 2.71. The molecule has 0 saturated carbocycles. The molecular weight excluding hydrogens is 162 g/mol. The van der Waals surface area contributed by atoms with E-state index in [-0.39, 0.29) is 11.3 Å². The normalized spacial score (nSPS) is 26.8. The molecule has 0 saturated heterocycles. The van der Waals surface area contributed by atoms with Crippen molar-refractivity contribution in [3.05, 3.63) is 23.8 Å². The Labute approximate surface area is 79.5 Å². The summed E-state index contributed by atoms with van der Waals surface area (Å²) in [4.78, 5) is 10.7. The first-order valence-corrected chi connectivity index (χ1v) is 4.55. The van der Waals surface area contributed by atoms with Crippen LogP contribution in [0.1, 0.15) is 20.3 Å². The van der Waals surface area contributed by atoms with Crippen LogP contribution in [0.5, 0.6) is 0 Å². The molecule has 0 aromatic rings. The number of hydrogen-bond donors (Lipinski definition) is 1. The summed E-state index contributed by atoms with van der Waals surface area (Å²) in [6.07, 6.45) is 3.76. The standard InChI is InChI=1S/C11H17NO/c1-8-5-11(2,3)10(6-12)4-9(8)7-13/h4,7,9H,1,5-6,12H2,2-3H3. The monoisotopic (exact) mass is 179 g/mol. The van der Waals surface area contributed by atoms with Gasteiger partial charge in [0.25, 0.3) is 0 Å². The molecule has 0 fully saturated rings. The third-order valence-corrected chi connectivity index (χ3v) is 2.76. The van der Waals surface area contributed by atoms with Crippen molar-refractivity contribution >= 4 is 6.29 Å². The first-order chi connectivity index (χ1) is 6.01. The molecule has 0 aliphatic heterocycles. The first-order valence-electron chi connectivity index (χ1n) is 4.55. The second-order valence-corrected chi connectivity index (χ2v) is 4.28. The van der Waals surface area contributed by atoms with Gasteiger partial charge in [-0.25, -0.2) is 0 Å². The lowest BCUT2D eigenvalue weighted by atomic mass is 9.71. The van der Waals surface area contributed by atoms with Gasteiger partial charge in [-0.2, -0.15) is 0 Å². The number of carbonyl (C=O) groups excluding carboxylic acids is 1. The van der Waals surface area contributed by atoms with Gasteiger partial charge in [-0.3, -0.25) is 0 Å². The molecule has 2 nitrogen and oxygen atoms in total. The summed E-state index contributed by atoms with van der Waals surface area (Å²) in [7, 11) is 0. The molecule has 1 aliphatic carbocycles. The van der Waals surface area contributed by atoms with Crippen LogP contribution in [-0.4, -0.2) is 12.8 Å². The van der Waals surface area contributed by atoms with E-state index in [1.807, 2.05) is 6.08 Å². The van der Waals surface area contributed by atoms with Gasteiger partial charge in [0, 0.05) is 6.54 Å². The van der Waals surface area contributed by atoms with E-state index in [1.54, 1.807) is 0 Å². The second kappa shape index (κ2) is 3.46. The van der Waals surface area contributed by atoms with Crippen molar-refractivity contribution in [1.29, 1.82) is 0 Å². The maximum Gasteiger partial charge on any atom is 0.130 e. The van der Waals surface area contributed by atoms with E-state index in [0.29, 0.717) is 6.54 Å². The van der Waals surface area contributed by atoms with Crippen LogP contribution in [-0.2, 0) is 4.79 Å². The third kappa shape index (κ3) is 1.89. The minimum Gasteiger partial charge on any atom is -0.327 e. The Morgan fingerprint density at radius 1 is 1.77 bits per heavy atom. The van der Waals surface area contributed by atoms with Crippen LogP contribution in [0.4, 0.5) is 0 Å². The van der Waals surface area contributed by atoms with Crippen molar-refractivity contribution in [2.24, 2.45) is 17.1 Å². The SMILES string of the molecule is C=C1CC(C)(C)C(CN)=CC1C=O. The maximum atomic E-state index is 10.7. The van der Waals surface area contributed by atoms with E-state index in [4.69, 9.17) is 5.73 Å². The summed E-state index contributed by atoms with van der Waals surface area (Å²) >= 11 is 0. The summed E-state index contributed by atoms with van der Waals surface area (Å²) in [5, 5.41) is 0. The van der Waals surface area contributed by atoms with E-state index in [1.165, 1.54) is 0 Å². The zero-order chi connectivity index (χ0) is 10.1. The zero-order valence-corrected chi connectivity index (χ0v) is 8.34. The number of carbonyl (C=O) groups is 1. The zero-order valence-electron chi connectivity index (χ0n) is 8.34. The van der Waals surface area contributed by atoms with Crippen LogP contribution in [0.25, 0.3) is 0 Å². The number of hydrogen-bond acceptors (Lipinski definition) is 2. The number of allylic oxidation sites excluding steroid dienone is 2. The number of rotatable bonds is 2. The summed E-state index contributed by atoms with van der Waals surface area (Å²) < 4.78 is 0. The Hall–Kier alpha value is -0.890. The van der Waals surface area contributed by atoms with Gasteiger partial charge in [-0.15, -0.1) is 0 Å². The molecule has 1 aliphatic rings. The van der Waals surface area contributed by atoms with Crippen molar-refractivity contribution < 1.29 is 4.79 Å². The molecule has 2 N–H and O–H groups in total. The van der Waals surface area contributed by atoms with Crippen molar-refractivity contribution in [2.75, 3.05) is 6.54 Å². The van der Waals surface area contributed by atoms with Gasteiger partial charge in [0.15, 0.2) is 0 Å². The van der Waals surface area contributed by atoms with E-state index in [9.17, 15) is 4.79 Å². The fraction of sp³-hybridized carbons (Fsp3) is 0.545. The van der Waals surface area contributed by atoms with Gasteiger partial charge < -0.3 is 10.5 Å². The highest BCUT2D eigenvalue weighted by Crippen LogP contribution is 2.39. The van der Waals surface area contributed by atoms with Gasteiger partial charge in [0.2, 0.25) is 0 Å². The Balaban J connectivity index is 3.02. The molecule has 0 spiro atoms. The fourth-order valence-electron chi connectivity index (χ4n) is 1.84. The summed E-state index contributed by atoms with van der Waals surface area (Å²) in [6.45, 7) is 8.72. The highest BCUT2D eigenvalue weighted by Gasteiger charge is 2.30. The van der Waals surface area contributed by atoms with Crippen LogP contribution >= 0.6 is 0 Å². The molecule has 1 unspecified atom stereocenters. The Morgan fingerprint density at radius 3 is 2.85 bits per heavy atom. The molecule has 1 atom stereocenters. The lowest BCUT2D eigenvalue weighted by Crippen LogP contribution is -2.28. The number of aldehydes is 1. The van der Waals surface area contributed by atoms with Gasteiger partial charge in [-0.1, -0.05) is 37.6 Å². The molecular formula is C11H17NO. The second-order valence-electron chi connectivity index (χ2n) is 4.28. The van der Waals surface area contributed by atoms with Gasteiger partial charge in [0.05, 0.1) is 5.92 Å². The minimum absolute atomic E-state index is 0.0747. The Morgan fingerprint density at radius 2 is 2.38 bits per heavy atom. The quantitative estimate of drug-likeness (QED) is 0.517. The van der Waals surface area contributed by atoms with Crippen LogP contribution in [0.15, 0.2) is 23.8 Å². The summed E-state index contributed by atoms with van der Waals surface area (Å²) in [5.74, 6) is -0.119. The first kappa shape index (κ1) is 10.2. The van der Waals surface area contributed by atoms with E-state index < -0.39 is 0 Å². The Bertz CT molecular complexity index is 263. The van der Waals surface area contributed by atoms with E-state index >= 15 is 0 Å². The summed E-state index contributed by atoms with van der Waals surface area (Å²) in [5.41, 5.74) is 7.86. The molecule has 13 heavy (non-hydrogen) atoms. The van der Waals surface area contributed by atoms with Crippen LogP contribution in [0, 0.1) is 11.3 Å². The van der Waals surface area contributed by atoms with Crippen molar-refractivity contribution in [3.63, 3.8) is 0 Å². The van der Waals surface area contributed by atoms with Gasteiger partial charge in [-0.05, 0) is 11.8 Å². The molecule has 0 radical (unpaired) electrons. The topological polar surface area (TPSA) is 43.1 Å². The van der Waals surface area contributed by atoms with Crippen molar-refractivity contribution in [2.45, 2.75) is 20.3 Å². The lowest BCUT2D eigenvalue weighted by molar-refractivity contribution is -0.109. The molecule has 0 bridgehead atoms. The highest BCUT2D eigenvalue weighted by atomic mass is 16.1. The molecule has 72 valence electrons. The van der Waals surface area contributed by atoms with Crippen molar-refractivity contribution in [1.82, 2.24) is 0 Å². The fourth-order valence-corrected chi connectivity index (χ4v) is 1.84. The predicted octanol–water partition coefficient (Wildman–Crippen LogP) is 1.67. The average molecular weight is 179 g/mol. The van der Waals surface area contributed by atoms with Crippen LogP contribution in [0.2, 0.25) is 0 Å². The van der Waals surface area contributed by atoms with E-state index in [2.05, 4.69) is 20.4 Å². The number of nitrogens with two attached hydrogens (primary N) is 1. The lowest BCUT2D eigenvalue weighted by Gasteiger charge is -2.34. The smallest absolute Gasteiger partial charge is 0.130 e. The van der Waals surface area contributed by atoms with Crippen molar-refractivity contribution in [3.8, 4) is 0 Å². The highest BCUT2D eigenvalue weighted by molar-refractivity contribution is 5.63. The van der Waals surface area contributed by atoms with Crippen LogP contribution < -0.4 is 5.73 Å². The predicted molar refractivity (Wildman–Crippen MR) is 54.2 cm³/mol. The molecule has 0 aromatic carbocycles. The molecule has 0 heterocycles. The molecule has 0 aromatic heterocycles. The maximum absolute atomic E-state index is 10.7. The van der Waals surface area contributed by atoms with Gasteiger partial charge in [0.1, 0.15) is 6.29 Å². The molecule has 1 rings (SSSR count). The van der Waals surface area contributed by atoms with Crippen LogP contribution in [0.3, 0.4) is 0 Å².